The van der Waals surface area contributed by atoms with Crippen molar-refractivity contribution in [3.05, 3.63) is 58.4 Å². The third-order valence-electron chi connectivity index (χ3n) is 3.42. The Morgan fingerprint density at radius 1 is 1.28 bits per heavy atom. The van der Waals surface area contributed by atoms with Crippen LogP contribution in [0.15, 0.2) is 47.2 Å². The first-order chi connectivity index (χ1) is 11.7. The largest absolute Gasteiger partial charge is 0.431 e. The maximum Gasteiger partial charge on any atom is 0.431 e. The van der Waals surface area contributed by atoms with Gasteiger partial charge in [-0.25, -0.2) is 0 Å². The van der Waals surface area contributed by atoms with Crippen LogP contribution in [0.25, 0.3) is 0 Å². The molecular weight excluding hydrogens is 341 g/mol. The van der Waals surface area contributed by atoms with Crippen LogP contribution in [0.2, 0.25) is 0 Å². The molecule has 1 aromatic heterocycles. The molecule has 2 heterocycles. The third-order valence-corrected chi connectivity index (χ3v) is 3.42. The van der Waals surface area contributed by atoms with E-state index in [2.05, 4.69) is 0 Å². The molecule has 2 unspecified atom stereocenters. The minimum atomic E-state index is -4.47. The van der Waals surface area contributed by atoms with Gasteiger partial charge in [-0.2, -0.15) is 13.2 Å². The molecule has 10 heteroatoms. The Kier molecular flexibility index (Phi) is 7.52. The molecule has 140 valence electrons. The van der Waals surface area contributed by atoms with Crippen LogP contribution in [0.5, 0.6) is 0 Å². The number of hydrogen-bond acceptors (Lipinski definition) is 6. The molecule has 7 nitrogen and oxygen atoms in total. The molecule has 1 aromatic rings. The topological polar surface area (TPSA) is 129 Å². The second-order valence-corrected chi connectivity index (χ2v) is 5.25. The van der Waals surface area contributed by atoms with Gasteiger partial charge in [0.15, 0.2) is 0 Å². The first kappa shape index (κ1) is 20.6. The summed E-state index contributed by atoms with van der Waals surface area (Å²) in [6.45, 7) is 1.06. The van der Waals surface area contributed by atoms with E-state index in [1.54, 1.807) is 11.1 Å². The summed E-state index contributed by atoms with van der Waals surface area (Å²) in [6, 6.07) is 2.89. The van der Waals surface area contributed by atoms with Gasteiger partial charge in [-0.3, -0.25) is 4.79 Å². The van der Waals surface area contributed by atoms with Crippen LogP contribution in [0.3, 0.4) is 0 Å². The zero-order chi connectivity index (χ0) is 19.0. The molecule has 2 rings (SSSR count). The number of aromatic amines is 1. The first-order valence-electron chi connectivity index (χ1n) is 7.36. The molecular formula is C15H21F3N4O3. The molecule has 0 amide bonds. The van der Waals surface area contributed by atoms with Crippen LogP contribution < -0.4 is 17.0 Å². The van der Waals surface area contributed by atoms with E-state index in [0.717, 1.165) is 23.9 Å². The van der Waals surface area contributed by atoms with Crippen molar-refractivity contribution in [3.8, 4) is 0 Å². The van der Waals surface area contributed by atoms with Crippen molar-refractivity contribution in [3.63, 3.8) is 0 Å². The van der Waals surface area contributed by atoms with Crippen molar-refractivity contribution >= 4 is 0 Å². The average molecular weight is 362 g/mol. The second kappa shape index (κ2) is 9.14. The number of H-pyrrole nitrogens is 1. The minimum Gasteiger partial charge on any atom is -0.405 e. The molecule has 1 aliphatic heterocycles. The van der Waals surface area contributed by atoms with Gasteiger partial charge in [-0.15, -0.1) is 0 Å². The first-order valence-corrected chi connectivity index (χ1v) is 7.36. The van der Waals surface area contributed by atoms with Gasteiger partial charge in [0.2, 0.25) is 5.56 Å². The van der Waals surface area contributed by atoms with Gasteiger partial charge in [0.25, 0.3) is 0 Å². The number of allylic oxidation sites excluding steroid dienone is 1. The van der Waals surface area contributed by atoms with Crippen LogP contribution in [-0.4, -0.2) is 45.4 Å². The fraction of sp³-hybridized carbons (Fsp3) is 0.400. The highest BCUT2D eigenvalue weighted by molar-refractivity contribution is 5.16. The van der Waals surface area contributed by atoms with E-state index in [1.165, 1.54) is 12.4 Å². The molecule has 0 bridgehead atoms. The van der Waals surface area contributed by atoms with Gasteiger partial charge in [0.05, 0.1) is 17.9 Å². The quantitative estimate of drug-likeness (QED) is 0.474. The van der Waals surface area contributed by atoms with Crippen molar-refractivity contribution in [1.82, 2.24) is 9.88 Å². The summed E-state index contributed by atoms with van der Waals surface area (Å²) in [7, 11) is 0. The molecule has 1 saturated heterocycles. The monoisotopic (exact) mass is 362 g/mol. The van der Waals surface area contributed by atoms with E-state index in [1.807, 2.05) is 4.90 Å². The van der Waals surface area contributed by atoms with Crippen molar-refractivity contribution in [2.45, 2.75) is 24.8 Å². The summed E-state index contributed by atoms with van der Waals surface area (Å²) in [6.07, 6.45) is -0.775. The number of nitrogens with two attached hydrogens (primary N) is 2. The average Bonchev–Trinajstić information content (AvgIpc) is 2.55. The van der Waals surface area contributed by atoms with Crippen molar-refractivity contribution in [2.75, 3.05) is 13.1 Å². The lowest BCUT2D eigenvalue weighted by Crippen LogP contribution is -2.45. The lowest BCUT2D eigenvalue weighted by atomic mass is 10.0. The lowest BCUT2D eigenvalue weighted by molar-refractivity contribution is -0.141. The maximum absolute atomic E-state index is 11.8. The molecule has 0 aliphatic carbocycles. The van der Waals surface area contributed by atoms with E-state index in [-0.39, 0.29) is 0 Å². The summed E-state index contributed by atoms with van der Waals surface area (Å²) < 4.78 is 35.4. The predicted molar refractivity (Wildman–Crippen MR) is 85.9 cm³/mol. The third kappa shape index (κ3) is 6.51. The SMILES string of the molecule is N/C=C\C(=C/N)N1CCC(O)C(O)C1.O=c1cccc(C(F)(F)F)[nH]1. The van der Waals surface area contributed by atoms with E-state index >= 15 is 0 Å². The number of aliphatic hydroxyl groups excluding tert-OH is 2. The van der Waals surface area contributed by atoms with Crippen LogP contribution in [-0.2, 0) is 6.18 Å². The van der Waals surface area contributed by atoms with Gasteiger partial charge in [0, 0.05) is 25.4 Å². The Balaban J connectivity index is 0.000000257. The van der Waals surface area contributed by atoms with Crippen molar-refractivity contribution in [2.24, 2.45) is 11.5 Å². The minimum absolute atomic E-state index is 0.383. The highest BCUT2D eigenvalue weighted by Gasteiger charge is 2.31. The Hall–Kier alpha value is -2.46. The number of piperidine rings is 1. The Bertz CT molecular complexity index is 658. The number of nitrogens with one attached hydrogen (secondary N) is 1. The molecule has 2 atom stereocenters. The summed E-state index contributed by atoms with van der Waals surface area (Å²) in [5, 5.41) is 18.8. The molecule has 1 aliphatic rings. The van der Waals surface area contributed by atoms with Gasteiger partial charge < -0.3 is 31.6 Å². The lowest BCUT2D eigenvalue weighted by Gasteiger charge is -2.35. The maximum atomic E-state index is 11.8. The number of aliphatic hydroxyl groups is 2. The van der Waals surface area contributed by atoms with Gasteiger partial charge in [0.1, 0.15) is 5.69 Å². The number of halogens is 3. The second-order valence-electron chi connectivity index (χ2n) is 5.25. The summed E-state index contributed by atoms with van der Waals surface area (Å²) in [5.41, 5.74) is 9.66. The number of nitrogens with zero attached hydrogens (tertiary/aromatic N) is 1. The number of pyridine rings is 1. The van der Waals surface area contributed by atoms with Crippen LogP contribution >= 0.6 is 0 Å². The number of β-amino-alcohol motifs (C(OH)–C–C–N with tert-alkyl or cyclic N) is 1. The van der Waals surface area contributed by atoms with Crippen LogP contribution in [0.1, 0.15) is 12.1 Å². The Labute approximate surface area is 142 Å². The number of likely N-dealkylation sites (tertiary alicyclic amines) is 1. The smallest absolute Gasteiger partial charge is 0.405 e. The molecule has 0 spiro atoms. The zero-order valence-corrected chi connectivity index (χ0v) is 13.3. The van der Waals surface area contributed by atoms with E-state index in [0.29, 0.717) is 19.5 Å². The Morgan fingerprint density at radius 2 is 1.96 bits per heavy atom. The predicted octanol–water partition coefficient (Wildman–Crippen LogP) is 0.0801. The summed E-state index contributed by atoms with van der Waals surface area (Å²) in [4.78, 5) is 13.9. The number of aromatic nitrogens is 1. The number of alkyl halides is 3. The molecule has 0 radical (unpaired) electrons. The highest BCUT2D eigenvalue weighted by atomic mass is 19.4. The van der Waals surface area contributed by atoms with Crippen molar-refractivity contribution < 1.29 is 23.4 Å². The zero-order valence-electron chi connectivity index (χ0n) is 13.3. The van der Waals surface area contributed by atoms with Gasteiger partial charge in [-0.05, 0) is 24.8 Å². The van der Waals surface area contributed by atoms with Crippen molar-refractivity contribution in [1.29, 1.82) is 0 Å². The molecule has 1 fully saturated rings. The summed E-state index contributed by atoms with van der Waals surface area (Å²) >= 11 is 0. The summed E-state index contributed by atoms with van der Waals surface area (Å²) in [5.74, 6) is 0. The van der Waals surface area contributed by atoms with Crippen LogP contribution in [0, 0.1) is 0 Å². The van der Waals surface area contributed by atoms with E-state index in [9.17, 15) is 28.2 Å². The van der Waals surface area contributed by atoms with E-state index < -0.39 is 29.6 Å². The number of rotatable bonds is 2. The normalized spacial score (nSPS) is 21.8. The highest BCUT2D eigenvalue weighted by Crippen LogP contribution is 2.25. The standard InChI is InChI=1S/C9H17N3O2.C6H4F3NO/c10-3-1-7(5-11)12-4-2-8(13)9(14)6-12;7-6(8,9)4-2-1-3-5(11)10-4/h1,3,5,8-9,13-14H,2,4,6,10-11H2;1-3H,(H,10,11)/b3-1-,7-5+;. The van der Waals surface area contributed by atoms with Gasteiger partial charge in [-0.1, -0.05) is 6.07 Å². The van der Waals surface area contributed by atoms with E-state index in [4.69, 9.17) is 11.5 Å². The van der Waals surface area contributed by atoms with Gasteiger partial charge >= 0.3 is 6.18 Å². The fourth-order valence-corrected chi connectivity index (χ4v) is 2.13. The molecule has 0 saturated carbocycles. The Morgan fingerprint density at radius 3 is 2.40 bits per heavy atom. The van der Waals surface area contributed by atoms with Crippen LogP contribution in [0.4, 0.5) is 13.2 Å². The molecule has 0 aromatic carbocycles. The molecule has 7 N–H and O–H groups in total. The molecule has 25 heavy (non-hydrogen) atoms. The fourth-order valence-electron chi connectivity index (χ4n) is 2.13. The number of hydrogen-bond donors (Lipinski definition) is 5.